The molecule has 0 radical (unpaired) electrons. The number of carbonyl (C=O) groups excluding carboxylic acids is 1. The first kappa shape index (κ1) is 12.8. The third kappa shape index (κ3) is 3.71. The van der Waals surface area contributed by atoms with Gasteiger partial charge < -0.3 is 11.1 Å². The van der Waals surface area contributed by atoms with Crippen molar-refractivity contribution >= 4 is 34.8 Å². The van der Waals surface area contributed by atoms with Crippen molar-refractivity contribution in [2.24, 2.45) is 0 Å². The fourth-order valence-electron chi connectivity index (χ4n) is 1.23. The van der Waals surface area contributed by atoms with Gasteiger partial charge >= 0.3 is 0 Å². The zero-order valence-corrected chi connectivity index (χ0v) is 11.1. The molecule has 3 N–H and O–H groups in total. The van der Waals surface area contributed by atoms with Crippen LogP contribution < -0.4 is 11.1 Å². The van der Waals surface area contributed by atoms with E-state index in [4.69, 9.17) is 5.73 Å². The van der Waals surface area contributed by atoms with E-state index in [0.717, 1.165) is 4.88 Å². The fraction of sp³-hybridized carbons (Fsp3) is 0.182. The van der Waals surface area contributed by atoms with Gasteiger partial charge in [-0.1, -0.05) is 17.8 Å². The summed E-state index contributed by atoms with van der Waals surface area (Å²) in [5, 5.41) is 5.41. The van der Waals surface area contributed by atoms with E-state index in [9.17, 15) is 4.79 Å². The normalized spacial score (nSPS) is 10.2. The molecule has 1 amide bonds. The summed E-state index contributed by atoms with van der Waals surface area (Å²) in [5.74, 6) is 0.598. The van der Waals surface area contributed by atoms with Crippen molar-refractivity contribution in [3.05, 3.63) is 34.8 Å². The van der Waals surface area contributed by atoms with Gasteiger partial charge in [0.25, 0.3) is 0 Å². The van der Waals surface area contributed by atoms with Crippen LogP contribution in [0.5, 0.6) is 0 Å². The molecule has 0 fully saturated rings. The standard InChI is InChI=1S/C11H12N4OS2/c12-10-11(14-4-3-13-10)18-7-9(16)15-6-8-2-1-5-17-8/h1-5H,6-7H2,(H2,12,13)(H,15,16). The van der Waals surface area contributed by atoms with Crippen LogP contribution in [0.1, 0.15) is 4.88 Å². The number of thiophene rings is 1. The number of nitrogens with zero attached hydrogens (tertiary/aromatic N) is 2. The highest BCUT2D eigenvalue weighted by atomic mass is 32.2. The van der Waals surface area contributed by atoms with E-state index in [1.54, 1.807) is 17.5 Å². The van der Waals surface area contributed by atoms with Crippen LogP contribution in [0.15, 0.2) is 34.9 Å². The quantitative estimate of drug-likeness (QED) is 0.812. The second-order valence-electron chi connectivity index (χ2n) is 3.39. The van der Waals surface area contributed by atoms with Gasteiger partial charge in [0.2, 0.25) is 5.91 Å². The third-order valence-corrected chi connectivity index (χ3v) is 3.94. The highest BCUT2D eigenvalue weighted by molar-refractivity contribution is 8.00. The number of thioether (sulfide) groups is 1. The molecule has 0 aliphatic carbocycles. The van der Waals surface area contributed by atoms with Crippen LogP contribution in [-0.4, -0.2) is 21.6 Å². The maximum Gasteiger partial charge on any atom is 0.230 e. The Labute approximate surface area is 113 Å². The predicted octanol–water partition coefficient (Wildman–Crippen LogP) is 1.53. The lowest BCUT2D eigenvalue weighted by Gasteiger charge is -2.04. The predicted molar refractivity (Wildman–Crippen MR) is 73.3 cm³/mol. The van der Waals surface area contributed by atoms with E-state index in [1.807, 2.05) is 17.5 Å². The van der Waals surface area contributed by atoms with Gasteiger partial charge in [0, 0.05) is 17.3 Å². The molecule has 0 spiro atoms. The molecule has 0 aliphatic heterocycles. The maximum atomic E-state index is 11.6. The van der Waals surface area contributed by atoms with Crippen molar-refractivity contribution < 1.29 is 4.79 Å². The molecule has 2 aromatic heterocycles. The number of nitrogens with one attached hydrogen (secondary N) is 1. The Bertz CT molecular complexity index is 516. The first-order chi connectivity index (χ1) is 8.75. The smallest absolute Gasteiger partial charge is 0.230 e. The second kappa shape index (κ2) is 6.36. The van der Waals surface area contributed by atoms with Gasteiger partial charge in [-0.05, 0) is 11.4 Å². The number of aromatic nitrogens is 2. The SMILES string of the molecule is Nc1nccnc1SCC(=O)NCc1cccs1. The summed E-state index contributed by atoms with van der Waals surface area (Å²) in [6.45, 7) is 0.563. The van der Waals surface area contributed by atoms with Crippen molar-refractivity contribution in [1.82, 2.24) is 15.3 Å². The summed E-state index contributed by atoms with van der Waals surface area (Å²) in [6.07, 6.45) is 3.08. The molecular formula is C11H12N4OS2. The molecule has 0 aliphatic rings. The first-order valence-corrected chi connectivity index (χ1v) is 7.10. The molecular weight excluding hydrogens is 268 g/mol. The van der Waals surface area contributed by atoms with E-state index in [-0.39, 0.29) is 11.7 Å². The number of rotatable bonds is 5. The summed E-state index contributed by atoms with van der Waals surface area (Å²) in [5.41, 5.74) is 5.63. The van der Waals surface area contributed by atoms with Crippen molar-refractivity contribution in [3.63, 3.8) is 0 Å². The maximum absolute atomic E-state index is 11.6. The van der Waals surface area contributed by atoms with E-state index in [1.165, 1.54) is 18.0 Å². The van der Waals surface area contributed by atoms with Crippen molar-refractivity contribution in [3.8, 4) is 0 Å². The number of amides is 1. The van der Waals surface area contributed by atoms with Gasteiger partial charge in [-0.15, -0.1) is 11.3 Å². The highest BCUT2D eigenvalue weighted by Gasteiger charge is 2.06. The lowest BCUT2D eigenvalue weighted by Crippen LogP contribution is -2.24. The molecule has 0 bridgehead atoms. The van der Waals surface area contributed by atoms with E-state index in [2.05, 4.69) is 15.3 Å². The van der Waals surface area contributed by atoms with Crippen LogP contribution in [0.4, 0.5) is 5.82 Å². The third-order valence-electron chi connectivity index (χ3n) is 2.07. The number of hydrogen-bond acceptors (Lipinski definition) is 6. The fourth-order valence-corrected chi connectivity index (χ4v) is 2.58. The average molecular weight is 280 g/mol. The van der Waals surface area contributed by atoms with Gasteiger partial charge in [0.1, 0.15) is 5.03 Å². The van der Waals surface area contributed by atoms with Crippen LogP contribution in [0.25, 0.3) is 0 Å². The Morgan fingerprint density at radius 2 is 2.28 bits per heavy atom. The molecule has 94 valence electrons. The van der Waals surface area contributed by atoms with Gasteiger partial charge in [0.05, 0.1) is 12.3 Å². The number of carbonyl (C=O) groups is 1. The average Bonchev–Trinajstić information content (AvgIpc) is 2.88. The Kier molecular flexibility index (Phi) is 4.54. The zero-order chi connectivity index (χ0) is 12.8. The Hall–Kier alpha value is -1.60. The summed E-state index contributed by atoms with van der Waals surface area (Å²) in [4.78, 5) is 20.7. The molecule has 0 aromatic carbocycles. The van der Waals surface area contributed by atoms with E-state index in [0.29, 0.717) is 17.4 Å². The molecule has 2 heterocycles. The number of nitrogens with two attached hydrogens (primary N) is 1. The van der Waals surface area contributed by atoms with E-state index >= 15 is 0 Å². The largest absolute Gasteiger partial charge is 0.381 e. The van der Waals surface area contributed by atoms with Gasteiger partial charge in [-0.3, -0.25) is 4.79 Å². The van der Waals surface area contributed by atoms with Crippen LogP contribution >= 0.6 is 23.1 Å². The molecule has 0 saturated carbocycles. The molecule has 0 atom stereocenters. The number of nitrogen functional groups attached to an aromatic ring is 1. The van der Waals surface area contributed by atoms with Crippen LogP contribution in [0.3, 0.4) is 0 Å². The summed E-state index contributed by atoms with van der Waals surface area (Å²) < 4.78 is 0. The molecule has 18 heavy (non-hydrogen) atoms. The van der Waals surface area contributed by atoms with Gasteiger partial charge in [-0.25, -0.2) is 9.97 Å². The Morgan fingerprint density at radius 3 is 3.00 bits per heavy atom. The monoisotopic (exact) mass is 280 g/mol. The molecule has 0 unspecified atom stereocenters. The van der Waals surface area contributed by atoms with Gasteiger partial charge in [-0.2, -0.15) is 0 Å². The molecule has 7 heteroatoms. The van der Waals surface area contributed by atoms with Crippen molar-refractivity contribution in [2.45, 2.75) is 11.6 Å². The Morgan fingerprint density at radius 1 is 1.44 bits per heavy atom. The van der Waals surface area contributed by atoms with Gasteiger partial charge in [0.15, 0.2) is 5.82 Å². The minimum atomic E-state index is -0.0431. The summed E-state index contributed by atoms with van der Waals surface area (Å²) in [6, 6.07) is 3.94. The zero-order valence-electron chi connectivity index (χ0n) is 9.50. The minimum Gasteiger partial charge on any atom is -0.381 e. The van der Waals surface area contributed by atoms with Crippen molar-refractivity contribution in [2.75, 3.05) is 11.5 Å². The lowest BCUT2D eigenvalue weighted by atomic mass is 10.4. The van der Waals surface area contributed by atoms with E-state index < -0.39 is 0 Å². The molecule has 2 aromatic rings. The first-order valence-electron chi connectivity index (χ1n) is 5.24. The number of anilines is 1. The summed E-state index contributed by atoms with van der Waals surface area (Å²) >= 11 is 2.90. The highest BCUT2D eigenvalue weighted by Crippen LogP contribution is 2.19. The van der Waals surface area contributed by atoms with Crippen molar-refractivity contribution in [1.29, 1.82) is 0 Å². The molecule has 2 rings (SSSR count). The second-order valence-corrected chi connectivity index (χ2v) is 5.39. The van der Waals surface area contributed by atoms with Crippen LogP contribution in [0.2, 0.25) is 0 Å². The topological polar surface area (TPSA) is 80.9 Å². The van der Waals surface area contributed by atoms with Crippen LogP contribution in [-0.2, 0) is 11.3 Å². The minimum absolute atomic E-state index is 0.0431. The lowest BCUT2D eigenvalue weighted by molar-refractivity contribution is -0.118. The number of hydrogen-bond donors (Lipinski definition) is 2. The summed E-state index contributed by atoms with van der Waals surface area (Å²) in [7, 11) is 0. The molecule has 5 nitrogen and oxygen atoms in total. The Balaban J connectivity index is 1.77. The molecule has 0 saturated heterocycles. The van der Waals surface area contributed by atoms with Crippen LogP contribution in [0, 0.1) is 0 Å².